The lowest BCUT2D eigenvalue weighted by Crippen LogP contribution is -2.47. The van der Waals surface area contributed by atoms with E-state index >= 15 is 0 Å². The molecule has 0 bridgehead atoms. The Bertz CT molecular complexity index is 724. The minimum Gasteiger partial charge on any atom is -0.496 e. The summed E-state index contributed by atoms with van der Waals surface area (Å²) in [6, 6.07) is 3.81. The maximum Gasteiger partial charge on any atom is 0.253 e. The van der Waals surface area contributed by atoms with E-state index < -0.39 is 0 Å². The maximum absolute atomic E-state index is 13.1. The molecule has 1 aromatic rings. The molecule has 136 valence electrons. The summed E-state index contributed by atoms with van der Waals surface area (Å²) in [7, 11) is 1.67. The molecule has 1 aliphatic rings. The highest BCUT2D eigenvalue weighted by atomic mass is 32.1. The molecule has 0 fully saturated rings. The first kappa shape index (κ1) is 19.2. The van der Waals surface area contributed by atoms with Crippen LogP contribution in [0.5, 0.6) is 5.75 Å². The van der Waals surface area contributed by atoms with Crippen LogP contribution in [-0.4, -0.2) is 36.1 Å². The molecule has 0 unspecified atom stereocenters. The predicted molar refractivity (Wildman–Crippen MR) is 105 cm³/mol. The zero-order valence-electron chi connectivity index (χ0n) is 15.8. The molecular weight excluding hydrogens is 334 g/mol. The van der Waals surface area contributed by atoms with Crippen LogP contribution in [0.25, 0.3) is 0 Å². The smallest absolute Gasteiger partial charge is 0.253 e. The predicted octanol–water partition coefficient (Wildman–Crippen LogP) is 2.97. The van der Waals surface area contributed by atoms with E-state index in [4.69, 9.17) is 17.0 Å². The van der Waals surface area contributed by atoms with E-state index in [1.54, 1.807) is 7.11 Å². The summed E-state index contributed by atoms with van der Waals surface area (Å²) in [6.45, 7) is 11.3. The number of benzene rings is 1. The number of carbonyl (C=O) groups is 1. The van der Waals surface area contributed by atoms with Gasteiger partial charge in [0.25, 0.3) is 5.91 Å². The van der Waals surface area contributed by atoms with E-state index in [0.29, 0.717) is 23.8 Å². The summed E-state index contributed by atoms with van der Waals surface area (Å²) < 4.78 is 5.41. The van der Waals surface area contributed by atoms with Crippen LogP contribution < -0.4 is 15.4 Å². The van der Waals surface area contributed by atoms with Gasteiger partial charge < -0.3 is 20.3 Å². The first-order chi connectivity index (χ1) is 11.8. The Morgan fingerprint density at radius 1 is 1.20 bits per heavy atom. The Kier molecular flexibility index (Phi) is 6.06. The highest BCUT2D eigenvalue weighted by molar-refractivity contribution is 7.80. The monoisotopic (exact) mass is 361 g/mol. The molecule has 2 rings (SSSR count). The Hall–Kier alpha value is -2.08. The van der Waals surface area contributed by atoms with E-state index in [2.05, 4.69) is 16.7 Å². The van der Waals surface area contributed by atoms with Crippen LogP contribution in [-0.2, 0) is 4.79 Å². The largest absolute Gasteiger partial charge is 0.496 e. The fraction of sp³-hybridized carbons (Fsp3) is 0.474. The van der Waals surface area contributed by atoms with Gasteiger partial charge in [0.1, 0.15) is 5.75 Å². The molecule has 25 heavy (non-hydrogen) atoms. The number of methoxy groups -OCH3 is 1. The van der Waals surface area contributed by atoms with Crippen LogP contribution in [0.3, 0.4) is 0 Å². The zero-order chi connectivity index (χ0) is 18.7. The van der Waals surface area contributed by atoms with E-state index in [1.165, 1.54) is 0 Å². The third kappa shape index (κ3) is 3.79. The van der Waals surface area contributed by atoms with Crippen LogP contribution in [0.4, 0.5) is 0 Å². The molecule has 0 radical (unpaired) electrons. The van der Waals surface area contributed by atoms with Crippen molar-refractivity contribution in [3.05, 3.63) is 40.1 Å². The summed E-state index contributed by atoms with van der Waals surface area (Å²) in [5, 5.41) is 6.91. The molecule has 0 aliphatic carbocycles. The molecule has 0 saturated carbocycles. The average molecular weight is 362 g/mol. The summed E-state index contributed by atoms with van der Waals surface area (Å²) >= 11 is 5.34. The summed E-state index contributed by atoms with van der Waals surface area (Å²) in [6.07, 6.45) is 0. The van der Waals surface area contributed by atoms with E-state index in [9.17, 15) is 4.79 Å². The van der Waals surface area contributed by atoms with Gasteiger partial charge in [-0.3, -0.25) is 4.79 Å². The van der Waals surface area contributed by atoms with Gasteiger partial charge in [-0.2, -0.15) is 0 Å². The van der Waals surface area contributed by atoms with Crippen molar-refractivity contribution in [3.8, 4) is 5.75 Å². The van der Waals surface area contributed by atoms with Crippen LogP contribution in [0.15, 0.2) is 23.4 Å². The Morgan fingerprint density at radius 3 is 2.40 bits per heavy atom. The minimum absolute atomic E-state index is 0.0304. The SMILES string of the molecule is CCN(CC)C(=O)C1=C(C)NC(=S)N[C@@H]1c1cc(C)c(OC)cc1C. The summed E-state index contributed by atoms with van der Waals surface area (Å²) in [4.78, 5) is 14.9. The molecular formula is C19H27N3O2S. The zero-order valence-corrected chi connectivity index (χ0v) is 16.6. The molecule has 6 heteroatoms. The van der Waals surface area contributed by atoms with Gasteiger partial charge in [0, 0.05) is 18.8 Å². The van der Waals surface area contributed by atoms with Gasteiger partial charge in [-0.25, -0.2) is 0 Å². The van der Waals surface area contributed by atoms with Crippen molar-refractivity contribution >= 4 is 23.2 Å². The van der Waals surface area contributed by atoms with Crippen molar-refractivity contribution in [2.75, 3.05) is 20.2 Å². The molecule has 5 nitrogen and oxygen atoms in total. The molecule has 1 heterocycles. The topological polar surface area (TPSA) is 53.6 Å². The summed E-state index contributed by atoms with van der Waals surface area (Å²) in [5.41, 5.74) is 4.64. The molecule has 2 N–H and O–H groups in total. The van der Waals surface area contributed by atoms with Crippen molar-refractivity contribution in [1.29, 1.82) is 0 Å². The molecule has 0 aromatic heterocycles. The quantitative estimate of drug-likeness (QED) is 0.790. The molecule has 1 aromatic carbocycles. The minimum atomic E-state index is -0.272. The van der Waals surface area contributed by atoms with E-state index in [0.717, 1.165) is 28.1 Å². The van der Waals surface area contributed by atoms with Gasteiger partial charge in [-0.05, 0) is 75.7 Å². The fourth-order valence-corrected chi connectivity index (χ4v) is 3.51. The maximum atomic E-state index is 13.1. The first-order valence-electron chi connectivity index (χ1n) is 8.56. The Labute approximate surface area is 155 Å². The third-order valence-electron chi connectivity index (χ3n) is 4.64. The second-order valence-corrected chi connectivity index (χ2v) is 6.63. The fourth-order valence-electron chi connectivity index (χ4n) is 3.23. The molecule has 0 spiro atoms. The number of ether oxygens (including phenoxy) is 1. The van der Waals surface area contributed by atoms with Gasteiger partial charge in [0.2, 0.25) is 0 Å². The number of allylic oxidation sites excluding steroid dienone is 1. The number of thiocarbonyl (C=S) groups is 1. The van der Waals surface area contributed by atoms with Gasteiger partial charge in [0.15, 0.2) is 5.11 Å². The van der Waals surface area contributed by atoms with Crippen molar-refractivity contribution in [2.45, 2.75) is 40.7 Å². The van der Waals surface area contributed by atoms with Gasteiger partial charge in [-0.1, -0.05) is 0 Å². The van der Waals surface area contributed by atoms with Crippen molar-refractivity contribution < 1.29 is 9.53 Å². The van der Waals surface area contributed by atoms with E-state index in [-0.39, 0.29) is 11.9 Å². The molecule has 1 atom stereocenters. The second kappa shape index (κ2) is 7.87. The summed E-state index contributed by atoms with van der Waals surface area (Å²) in [5.74, 6) is 0.873. The highest BCUT2D eigenvalue weighted by Crippen LogP contribution is 2.33. The third-order valence-corrected chi connectivity index (χ3v) is 4.86. The number of nitrogens with one attached hydrogen (secondary N) is 2. The number of likely N-dealkylation sites (N-methyl/N-ethyl adjacent to an activating group) is 1. The van der Waals surface area contributed by atoms with E-state index in [1.807, 2.05) is 45.6 Å². The lowest BCUT2D eigenvalue weighted by Gasteiger charge is -2.34. The van der Waals surface area contributed by atoms with Gasteiger partial charge in [-0.15, -0.1) is 0 Å². The number of rotatable bonds is 5. The average Bonchev–Trinajstić information content (AvgIpc) is 2.56. The van der Waals surface area contributed by atoms with Gasteiger partial charge >= 0.3 is 0 Å². The normalized spacial score (nSPS) is 17.0. The Balaban J connectivity index is 2.57. The van der Waals surface area contributed by atoms with Crippen LogP contribution in [0.2, 0.25) is 0 Å². The van der Waals surface area contributed by atoms with Gasteiger partial charge in [0.05, 0.1) is 18.7 Å². The molecule has 0 saturated heterocycles. The first-order valence-corrected chi connectivity index (χ1v) is 8.97. The number of hydrogen-bond acceptors (Lipinski definition) is 3. The highest BCUT2D eigenvalue weighted by Gasteiger charge is 2.32. The molecule has 1 amide bonds. The second-order valence-electron chi connectivity index (χ2n) is 6.23. The number of aryl methyl sites for hydroxylation is 2. The number of hydrogen-bond donors (Lipinski definition) is 2. The number of carbonyl (C=O) groups excluding carboxylic acids is 1. The lowest BCUT2D eigenvalue weighted by atomic mass is 9.90. The van der Waals surface area contributed by atoms with Crippen molar-refractivity contribution in [3.63, 3.8) is 0 Å². The molecule has 1 aliphatic heterocycles. The lowest BCUT2D eigenvalue weighted by molar-refractivity contribution is -0.127. The van der Waals surface area contributed by atoms with Crippen molar-refractivity contribution in [1.82, 2.24) is 15.5 Å². The number of nitrogens with zero attached hydrogens (tertiary/aromatic N) is 1. The van der Waals surface area contributed by atoms with Crippen LogP contribution in [0.1, 0.15) is 43.5 Å². The van der Waals surface area contributed by atoms with Crippen LogP contribution >= 0.6 is 12.2 Å². The Morgan fingerprint density at radius 2 is 1.84 bits per heavy atom. The van der Waals surface area contributed by atoms with Crippen LogP contribution in [0, 0.1) is 13.8 Å². The number of amides is 1. The van der Waals surface area contributed by atoms with Crippen molar-refractivity contribution in [2.24, 2.45) is 0 Å². The standard InChI is InChI=1S/C19H27N3O2S/c1-7-22(8-2)18(23)16-13(5)20-19(25)21-17(16)14-9-12(4)15(24-6)10-11(14)3/h9-10,17H,7-8H2,1-6H3,(H2,20,21,25)/t17-/m1/s1.